The highest BCUT2D eigenvalue weighted by molar-refractivity contribution is 7.16. The zero-order valence-corrected chi connectivity index (χ0v) is 14.3. The van der Waals surface area contributed by atoms with E-state index in [2.05, 4.69) is 54.4 Å². The summed E-state index contributed by atoms with van der Waals surface area (Å²) in [7, 11) is 0. The maximum atomic E-state index is 5.96. The normalized spacial score (nSPS) is 11.2. The van der Waals surface area contributed by atoms with Gasteiger partial charge >= 0.3 is 0 Å². The molecule has 0 amide bonds. The molecule has 0 radical (unpaired) electrons. The fraction of sp³-hybridized carbons (Fsp3) is 0.412. The Labute approximate surface area is 136 Å². The molecule has 1 heterocycles. The largest absolute Gasteiger partial charge is 0.308 e. The summed E-state index contributed by atoms with van der Waals surface area (Å²) in [5, 5.41) is 3.51. The van der Waals surface area contributed by atoms with E-state index in [1.165, 1.54) is 16.0 Å². The molecule has 0 saturated carbocycles. The van der Waals surface area contributed by atoms with Gasteiger partial charge in [-0.1, -0.05) is 49.7 Å². The van der Waals surface area contributed by atoms with Gasteiger partial charge in [-0.3, -0.25) is 4.90 Å². The van der Waals surface area contributed by atoms with Crippen molar-refractivity contribution in [3.63, 3.8) is 0 Å². The third-order valence-corrected chi connectivity index (χ3v) is 4.88. The van der Waals surface area contributed by atoms with E-state index < -0.39 is 0 Å². The Morgan fingerprint density at radius 3 is 2.33 bits per heavy atom. The highest BCUT2D eigenvalue weighted by Gasteiger charge is 2.06. The van der Waals surface area contributed by atoms with Crippen molar-refractivity contribution in [3.05, 3.63) is 56.7 Å². The molecular formula is C17H23ClN2S. The standard InChI is InChI=1S/C17H23ClN2S/c1-3-20(4-2)13-15-8-6-5-7-14(15)11-19-12-16-9-10-17(18)21-16/h5-10,19H,3-4,11-13H2,1-2H3. The number of rotatable bonds is 8. The number of nitrogens with zero attached hydrogens (tertiary/aromatic N) is 1. The summed E-state index contributed by atoms with van der Waals surface area (Å²) >= 11 is 7.60. The molecule has 0 aliphatic carbocycles. The van der Waals surface area contributed by atoms with Crippen LogP contribution in [-0.2, 0) is 19.6 Å². The summed E-state index contributed by atoms with van der Waals surface area (Å²) in [5.74, 6) is 0. The summed E-state index contributed by atoms with van der Waals surface area (Å²) < 4.78 is 0.855. The van der Waals surface area contributed by atoms with Gasteiger partial charge in [0.25, 0.3) is 0 Å². The first kappa shape index (κ1) is 16.5. The lowest BCUT2D eigenvalue weighted by molar-refractivity contribution is 0.294. The summed E-state index contributed by atoms with van der Waals surface area (Å²) in [5.41, 5.74) is 2.80. The molecule has 2 aromatic rings. The molecule has 0 bridgehead atoms. The monoisotopic (exact) mass is 322 g/mol. The van der Waals surface area contributed by atoms with Gasteiger partial charge in [-0.25, -0.2) is 0 Å². The maximum absolute atomic E-state index is 5.96. The minimum Gasteiger partial charge on any atom is -0.308 e. The highest BCUT2D eigenvalue weighted by Crippen LogP contribution is 2.21. The molecule has 0 aliphatic rings. The van der Waals surface area contributed by atoms with Crippen LogP contribution >= 0.6 is 22.9 Å². The first-order valence-electron chi connectivity index (χ1n) is 7.47. The Kier molecular flexibility index (Phi) is 6.71. The highest BCUT2D eigenvalue weighted by atomic mass is 35.5. The third kappa shape index (κ3) is 5.11. The quantitative estimate of drug-likeness (QED) is 0.768. The lowest BCUT2D eigenvalue weighted by atomic mass is 10.1. The van der Waals surface area contributed by atoms with Crippen LogP contribution in [0.15, 0.2) is 36.4 Å². The minimum atomic E-state index is 0.855. The average Bonchev–Trinajstić information content (AvgIpc) is 2.91. The Hall–Kier alpha value is -0.870. The summed E-state index contributed by atoms with van der Waals surface area (Å²) in [6.07, 6.45) is 0. The zero-order chi connectivity index (χ0) is 15.1. The summed E-state index contributed by atoms with van der Waals surface area (Å²) in [4.78, 5) is 3.72. The second-order valence-electron chi connectivity index (χ2n) is 5.04. The van der Waals surface area contributed by atoms with Crippen LogP contribution in [0.25, 0.3) is 0 Å². The van der Waals surface area contributed by atoms with Gasteiger partial charge in [0.15, 0.2) is 0 Å². The van der Waals surface area contributed by atoms with E-state index in [-0.39, 0.29) is 0 Å². The predicted octanol–water partition coefficient (Wildman–Crippen LogP) is 4.53. The van der Waals surface area contributed by atoms with Crippen LogP contribution in [0.1, 0.15) is 29.9 Å². The molecule has 0 fully saturated rings. The number of benzene rings is 1. The fourth-order valence-electron chi connectivity index (χ4n) is 2.34. The van der Waals surface area contributed by atoms with Crippen molar-refractivity contribution >= 4 is 22.9 Å². The molecule has 1 aromatic carbocycles. The third-order valence-electron chi connectivity index (χ3n) is 3.65. The van der Waals surface area contributed by atoms with Gasteiger partial charge in [-0.15, -0.1) is 11.3 Å². The average molecular weight is 323 g/mol. The van der Waals surface area contributed by atoms with Crippen LogP contribution in [0.5, 0.6) is 0 Å². The van der Waals surface area contributed by atoms with Crippen molar-refractivity contribution in [3.8, 4) is 0 Å². The summed E-state index contributed by atoms with van der Waals surface area (Å²) in [6, 6.07) is 12.7. The smallest absolute Gasteiger partial charge is 0.0931 e. The number of hydrogen-bond donors (Lipinski definition) is 1. The van der Waals surface area contributed by atoms with Crippen LogP contribution in [0.4, 0.5) is 0 Å². The molecule has 0 aliphatic heterocycles. The van der Waals surface area contributed by atoms with E-state index in [0.717, 1.165) is 37.1 Å². The topological polar surface area (TPSA) is 15.3 Å². The molecule has 2 nitrogen and oxygen atoms in total. The molecule has 0 atom stereocenters. The van der Waals surface area contributed by atoms with E-state index in [4.69, 9.17) is 11.6 Å². The molecule has 114 valence electrons. The van der Waals surface area contributed by atoms with E-state index in [0.29, 0.717) is 0 Å². The van der Waals surface area contributed by atoms with Crippen LogP contribution in [0, 0.1) is 0 Å². The molecule has 1 N–H and O–H groups in total. The Balaban J connectivity index is 1.93. The van der Waals surface area contributed by atoms with Gasteiger partial charge in [0.1, 0.15) is 0 Å². The van der Waals surface area contributed by atoms with Gasteiger partial charge < -0.3 is 5.32 Å². The second kappa shape index (κ2) is 8.54. The Bertz CT molecular complexity index is 549. The zero-order valence-electron chi connectivity index (χ0n) is 12.7. The van der Waals surface area contributed by atoms with Crippen LogP contribution in [0.2, 0.25) is 4.34 Å². The van der Waals surface area contributed by atoms with E-state index >= 15 is 0 Å². The van der Waals surface area contributed by atoms with E-state index in [1.54, 1.807) is 11.3 Å². The van der Waals surface area contributed by atoms with Crippen LogP contribution in [0.3, 0.4) is 0 Å². The van der Waals surface area contributed by atoms with Crippen molar-refractivity contribution in [1.29, 1.82) is 0 Å². The van der Waals surface area contributed by atoms with Gasteiger partial charge in [0.05, 0.1) is 4.34 Å². The van der Waals surface area contributed by atoms with Crippen molar-refractivity contribution in [1.82, 2.24) is 10.2 Å². The SMILES string of the molecule is CCN(CC)Cc1ccccc1CNCc1ccc(Cl)s1. The van der Waals surface area contributed by atoms with Crippen molar-refractivity contribution in [2.24, 2.45) is 0 Å². The van der Waals surface area contributed by atoms with Crippen molar-refractivity contribution in [2.75, 3.05) is 13.1 Å². The number of nitrogens with one attached hydrogen (secondary N) is 1. The Morgan fingerprint density at radius 1 is 1.00 bits per heavy atom. The van der Waals surface area contributed by atoms with Gasteiger partial charge in [-0.05, 0) is 36.3 Å². The summed E-state index contributed by atoms with van der Waals surface area (Å²) in [6.45, 7) is 9.40. The lowest BCUT2D eigenvalue weighted by Gasteiger charge is -2.20. The molecule has 1 aromatic heterocycles. The molecule has 0 spiro atoms. The van der Waals surface area contributed by atoms with Crippen molar-refractivity contribution in [2.45, 2.75) is 33.5 Å². The predicted molar refractivity (Wildman–Crippen MR) is 92.9 cm³/mol. The lowest BCUT2D eigenvalue weighted by Crippen LogP contribution is -2.23. The first-order chi connectivity index (χ1) is 10.2. The number of hydrogen-bond acceptors (Lipinski definition) is 3. The Morgan fingerprint density at radius 2 is 1.71 bits per heavy atom. The molecule has 0 saturated heterocycles. The van der Waals surface area contributed by atoms with E-state index in [9.17, 15) is 0 Å². The van der Waals surface area contributed by atoms with Crippen LogP contribution in [-0.4, -0.2) is 18.0 Å². The molecule has 2 rings (SSSR count). The maximum Gasteiger partial charge on any atom is 0.0931 e. The molecular weight excluding hydrogens is 300 g/mol. The van der Waals surface area contributed by atoms with Crippen LogP contribution < -0.4 is 5.32 Å². The van der Waals surface area contributed by atoms with Gasteiger partial charge in [0.2, 0.25) is 0 Å². The van der Waals surface area contributed by atoms with Gasteiger partial charge in [0, 0.05) is 24.5 Å². The minimum absolute atomic E-state index is 0.855. The molecule has 0 unspecified atom stereocenters. The molecule has 4 heteroatoms. The number of halogens is 1. The fourth-order valence-corrected chi connectivity index (χ4v) is 3.40. The molecule has 21 heavy (non-hydrogen) atoms. The van der Waals surface area contributed by atoms with Gasteiger partial charge in [-0.2, -0.15) is 0 Å². The van der Waals surface area contributed by atoms with E-state index in [1.807, 2.05) is 6.07 Å². The number of thiophene rings is 1. The second-order valence-corrected chi connectivity index (χ2v) is 6.84. The first-order valence-corrected chi connectivity index (χ1v) is 8.66. The van der Waals surface area contributed by atoms with Crippen molar-refractivity contribution < 1.29 is 0 Å².